The number of aliphatic carboxylic acids is 1. The third kappa shape index (κ3) is 9.35. The molecule has 0 atom stereocenters. The van der Waals surface area contributed by atoms with Gasteiger partial charge in [0.2, 0.25) is 12.3 Å². The summed E-state index contributed by atoms with van der Waals surface area (Å²) in [5.41, 5.74) is 0. The van der Waals surface area contributed by atoms with Crippen LogP contribution in [0.2, 0.25) is 0 Å². The zero-order chi connectivity index (χ0) is 7.98. The quantitative estimate of drug-likeness (QED) is 0.257. The van der Waals surface area contributed by atoms with Gasteiger partial charge in [0.15, 0.2) is 0 Å². The Morgan fingerprint density at radius 1 is 1.27 bits per heavy atom. The van der Waals surface area contributed by atoms with Gasteiger partial charge in [-0.25, -0.2) is 0 Å². The van der Waals surface area contributed by atoms with E-state index >= 15 is 0 Å². The second-order valence-electron chi connectivity index (χ2n) is 1.28. The molecular weight excluding hydrogens is 161 g/mol. The van der Waals surface area contributed by atoms with E-state index in [9.17, 15) is 19.5 Å². The minimum absolute atomic E-state index is 0. The van der Waals surface area contributed by atoms with E-state index in [4.69, 9.17) is 0 Å². The molecule has 0 spiro atoms. The fourth-order valence-electron chi connectivity index (χ4n) is 0.250. The average Bonchev–Trinajstić information content (AvgIpc) is 1.85. The van der Waals surface area contributed by atoms with Gasteiger partial charge in [-0.15, -0.1) is 0 Å². The predicted molar refractivity (Wildman–Crippen MR) is 28.4 cm³/mol. The maximum Gasteiger partial charge on any atom is 1.00 e. The van der Waals surface area contributed by atoms with Crippen molar-refractivity contribution in [1.29, 1.82) is 0 Å². The van der Waals surface area contributed by atoms with E-state index in [2.05, 4.69) is 0 Å². The fourth-order valence-corrected chi connectivity index (χ4v) is 0.250. The Morgan fingerprint density at radius 2 is 1.82 bits per heavy atom. The summed E-state index contributed by atoms with van der Waals surface area (Å²) in [6.45, 7) is 0. The first-order valence-corrected chi connectivity index (χ1v) is 2.30. The molecule has 5 nitrogen and oxygen atoms in total. The Hall–Kier alpha value is -0.650. The molecule has 0 aliphatic heterocycles. The minimum Gasteiger partial charge on any atom is -0.545 e. The van der Waals surface area contributed by atoms with Crippen LogP contribution in [0.1, 0.15) is 0 Å². The number of imide groups is 1. The van der Waals surface area contributed by atoms with Crippen molar-refractivity contribution in [2.24, 2.45) is 0 Å². The number of rotatable bonds is 3. The van der Waals surface area contributed by atoms with Crippen LogP contribution in [0.5, 0.6) is 0 Å². The standard InChI is InChI=1S/C5H5NO4.Na/c7-3-6-4(8)1-2-5(9)10;/h1-3H,(H,9,10)(H,6,7,8);/q;+1/p-1/b2-1-;. The van der Waals surface area contributed by atoms with E-state index in [1.165, 1.54) is 0 Å². The van der Waals surface area contributed by atoms with Crippen molar-refractivity contribution >= 4 is 18.3 Å². The summed E-state index contributed by atoms with van der Waals surface area (Å²) in [5, 5.41) is 11.3. The van der Waals surface area contributed by atoms with Crippen molar-refractivity contribution in [2.75, 3.05) is 0 Å². The van der Waals surface area contributed by atoms with E-state index in [0.29, 0.717) is 12.2 Å². The van der Waals surface area contributed by atoms with Gasteiger partial charge in [0.05, 0.1) is 5.97 Å². The molecule has 0 fully saturated rings. The second kappa shape index (κ2) is 7.46. The van der Waals surface area contributed by atoms with E-state index in [-0.39, 0.29) is 36.0 Å². The molecule has 6 heteroatoms. The van der Waals surface area contributed by atoms with Crippen LogP contribution in [0.4, 0.5) is 0 Å². The maximum atomic E-state index is 10.2. The van der Waals surface area contributed by atoms with Crippen LogP contribution in [-0.4, -0.2) is 18.3 Å². The van der Waals surface area contributed by atoms with Crippen LogP contribution >= 0.6 is 0 Å². The van der Waals surface area contributed by atoms with Gasteiger partial charge in [-0.3, -0.25) is 14.9 Å². The number of nitrogens with one attached hydrogen (secondary N) is 1. The van der Waals surface area contributed by atoms with E-state index in [1.54, 1.807) is 5.32 Å². The summed E-state index contributed by atoms with van der Waals surface area (Å²) in [5.74, 6) is -2.28. The number of hydrogen-bond donors (Lipinski definition) is 1. The molecule has 2 amide bonds. The Balaban J connectivity index is 0. The second-order valence-corrected chi connectivity index (χ2v) is 1.28. The van der Waals surface area contributed by atoms with Gasteiger partial charge in [-0.05, 0) is 6.08 Å². The molecule has 0 aliphatic rings. The van der Waals surface area contributed by atoms with Crippen LogP contribution in [0.15, 0.2) is 12.2 Å². The molecule has 0 saturated carbocycles. The zero-order valence-electron chi connectivity index (χ0n) is 5.87. The van der Waals surface area contributed by atoms with E-state index in [1.807, 2.05) is 0 Å². The summed E-state index contributed by atoms with van der Waals surface area (Å²) in [4.78, 5) is 29.4. The van der Waals surface area contributed by atoms with Crippen LogP contribution in [0.25, 0.3) is 0 Å². The minimum atomic E-state index is -1.49. The number of carboxylic acid groups (broad SMARTS) is 1. The molecule has 0 unspecified atom stereocenters. The summed E-state index contributed by atoms with van der Waals surface area (Å²) < 4.78 is 0. The van der Waals surface area contributed by atoms with Crippen molar-refractivity contribution in [1.82, 2.24) is 5.32 Å². The molecule has 11 heavy (non-hydrogen) atoms. The van der Waals surface area contributed by atoms with Gasteiger partial charge < -0.3 is 9.90 Å². The molecule has 0 heterocycles. The van der Waals surface area contributed by atoms with Crippen molar-refractivity contribution in [2.45, 2.75) is 0 Å². The largest absolute Gasteiger partial charge is 1.00 e. The predicted octanol–water partition coefficient (Wildman–Crippen LogP) is -5.43. The summed E-state index contributed by atoms with van der Waals surface area (Å²) in [7, 11) is 0. The maximum absolute atomic E-state index is 10.2. The molecule has 0 saturated heterocycles. The Labute approximate surface area is 84.8 Å². The summed E-state index contributed by atoms with van der Waals surface area (Å²) in [6, 6.07) is 0. The van der Waals surface area contributed by atoms with Crippen LogP contribution < -0.4 is 40.0 Å². The Bertz CT molecular complexity index is 189. The number of hydrogen-bond acceptors (Lipinski definition) is 4. The Morgan fingerprint density at radius 3 is 2.18 bits per heavy atom. The SMILES string of the molecule is O=CNC(=O)/C=C\C(=O)[O-].[Na+]. The van der Waals surface area contributed by atoms with Crippen LogP contribution in [0, 0.1) is 0 Å². The monoisotopic (exact) mass is 165 g/mol. The van der Waals surface area contributed by atoms with Crippen molar-refractivity contribution in [3.8, 4) is 0 Å². The zero-order valence-corrected chi connectivity index (χ0v) is 7.87. The number of carboxylic acids is 1. The average molecular weight is 165 g/mol. The third-order valence-corrected chi connectivity index (χ3v) is 0.572. The number of carbonyl (C=O) groups is 3. The first-order valence-electron chi connectivity index (χ1n) is 2.30. The van der Waals surface area contributed by atoms with E-state index < -0.39 is 11.9 Å². The molecule has 0 aliphatic carbocycles. The van der Waals surface area contributed by atoms with E-state index in [0.717, 1.165) is 0 Å². The first kappa shape index (κ1) is 13.0. The number of amides is 2. The van der Waals surface area contributed by atoms with Gasteiger partial charge in [-0.1, -0.05) is 0 Å². The molecule has 0 radical (unpaired) electrons. The molecule has 0 rings (SSSR count). The van der Waals surface area contributed by atoms with Gasteiger partial charge >= 0.3 is 29.6 Å². The summed E-state index contributed by atoms with van der Waals surface area (Å²) in [6.07, 6.45) is 1.37. The number of carbonyl (C=O) groups excluding carboxylic acids is 3. The van der Waals surface area contributed by atoms with Crippen molar-refractivity contribution < 1.29 is 49.0 Å². The Kier molecular flexibility index (Phi) is 8.80. The molecular formula is C5H4NNaO4. The normalized spacial score (nSPS) is 8.36. The topological polar surface area (TPSA) is 86.3 Å². The summed E-state index contributed by atoms with van der Waals surface area (Å²) >= 11 is 0. The van der Waals surface area contributed by atoms with Gasteiger partial charge in [-0.2, -0.15) is 0 Å². The molecule has 1 N–H and O–H groups in total. The van der Waals surface area contributed by atoms with Gasteiger partial charge in [0, 0.05) is 6.08 Å². The molecule has 0 aromatic heterocycles. The van der Waals surface area contributed by atoms with Gasteiger partial charge in [0.25, 0.3) is 0 Å². The first-order chi connectivity index (χ1) is 4.66. The van der Waals surface area contributed by atoms with Crippen LogP contribution in [-0.2, 0) is 14.4 Å². The molecule has 0 aromatic carbocycles. The molecule has 0 aromatic rings. The smallest absolute Gasteiger partial charge is 0.545 e. The molecule has 54 valence electrons. The van der Waals surface area contributed by atoms with Crippen LogP contribution in [0.3, 0.4) is 0 Å². The van der Waals surface area contributed by atoms with Crippen molar-refractivity contribution in [3.63, 3.8) is 0 Å². The fraction of sp³-hybridized carbons (Fsp3) is 0. The molecule has 0 bridgehead atoms. The van der Waals surface area contributed by atoms with Gasteiger partial charge in [0.1, 0.15) is 0 Å². The third-order valence-electron chi connectivity index (χ3n) is 0.572. The van der Waals surface area contributed by atoms with Crippen molar-refractivity contribution in [3.05, 3.63) is 12.2 Å².